The first-order valence-corrected chi connectivity index (χ1v) is 6.76. The van der Waals surface area contributed by atoms with Gasteiger partial charge in [0, 0.05) is 23.0 Å². The molecule has 1 amide bonds. The van der Waals surface area contributed by atoms with E-state index in [1.54, 1.807) is 0 Å². The Bertz CT molecular complexity index is 299. The van der Waals surface area contributed by atoms with Crippen LogP contribution in [-0.4, -0.2) is 38.2 Å². The van der Waals surface area contributed by atoms with E-state index in [1.165, 1.54) is 6.92 Å². The van der Waals surface area contributed by atoms with Crippen molar-refractivity contribution in [1.82, 2.24) is 5.32 Å². The van der Waals surface area contributed by atoms with Crippen molar-refractivity contribution >= 4 is 22.7 Å². The topological polar surface area (TPSA) is 83.5 Å². The molecule has 0 aromatic rings. The molecule has 2 atom stereocenters. The molecule has 92 valence electrons. The average Bonchev–Trinajstić information content (AvgIpc) is 2.68. The molecule has 0 heterocycles. The minimum atomic E-state index is -1.16. The number of carboxylic acids is 1. The van der Waals surface area contributed by atoms with Crippen molar-refractivity contribution in [3.63, 3.8) is 0 Å². The van der Waals surface area contributed by atoms with Crippen LogP contribution in [-0.2, 0) is 20.4 Å². The molecule has 0 saturated heterocycles. The summed E-state index contributed by atoms with van der Waals surface area (Å²) >= 11 is 0. The fraction of sp³-hybridized carbons (Fsp3) is 0.800. The Morgan fingerprint density at radius 1 is 1.44 bits per heavy atom. The molecule has 1 fully saturated rings. The fourth-order valence-corrected chi connectivity index (χ4v) is 3.56. The van der Waals surface area contributed by atoms with Gasteiger partial charge in [-0.3, -0.25) is 9.00 Å². The van der Waals surface area contributed by atoms with Crippen LogP contribution in [0.3, 0.4) is 0 Å². The van der Waals surface area contributed by atoms with Crippen LogP contribution in [0.25, 0.3) is 0 Å². The lowest BCUT2D eigenvalue weighted by atomic mass is 10.3. The SMILES string of the molecule is CC(=O)N[C@@H](CS(=O)C1CCCC1)C(=O)O. The Morgan fingerprint density at radius 2 is 2.00 bits per heavy atom. The van der Waals surface area contributed by atoms with E-state index in [2.05, 4.69) is 5.32 Å². The maximum atomic E-state index is 11.8. The van der Waals surface area contributed by atoms with Gasteiger partial charge in [0.1, 0.15) is 6.04 Å². The van der Waals surface area contributed by atoms with Crippen LogP contribution in [0.5, 0.6) is 0 Å². The molecule has 16 heavy (non-hydrogen) atoms. The Kier molecular flexibility index (Phi) is 4.92. The molecule has 1 aliphatic rings. The van der Waals surface area contributed by atoms with Gasteiger partial charge >= 0.3 is 5.97 Å². The van der Waals surface area contributed by atoms with Crippen LogP contribution in [0.15, 0.2) is 0 Å². The summed E-state index contributed by atoms with van der Waals surface area (Å²) in [7, 11) is -1.16. The largest absolute Gasteiger partial charge is 0.480 e. The Morgan fingerprint density at radius 3 is 2.44 bits per heavy atom. The molecule has 5 nitrogen and oxygen atoms in total. The monoisotopic (exact) mass is 247 g/mol. The van der Waals surface area contributed by atoms with E-state index in [0.717, 1.165) is 25.7 Å². The lowest BCUT2D eigenvalue weighted by Gasteiger charge is -2.15. The van der Waals surface area contributed by atoms with Crippen LogP contribution in [0, 0.1) is 0 Å². The molecule has 0 aliphatic heterocycles. The lowest BCUT2D eigenvalue weighted by molar-refractivity contribution is -0.140. The summed E-state index contributed by atoms with van der Waals surface area (Å²) in [6, 6.07) is -1.03. The van der Waals surface area contributed by atoms with Crippen LogP contribution in [0.4, 0.5) is 0 Å². The van der Waals surface area contributed by atoms with Gasteiger partial charge in [-0.05, 0) is 12.8 Å². The van der Waals surface area contributed by atoms with Crippen molar-refractivity contribution in [2.45, 2.75) is 43.9 Å². The highest BCUT2D eigenvalue weighted by Gasteiger charge is 2.27. The summed E-state index contributed by atoms with van der Waals surface area (Å²) in [6.45, 7) is 1.26. The number of carboxylic acid groups (broad SMARTS) is 1. The number of rotatable bonds is 5. The van der Waals surface area contributed by atoms with E-state index in [0.29, 0.717) is 0 Å². The van der Waals surface area contributed by atoms with Gasteiger partial charge in [-0.15, -0.1) is 0 Å². The van der Waals surface area contributed by atoms with E-state index in [9.17, 15) is 13.8 Å². The molecular weight excluding hydrogens is 230 g/mol. The second kappa shape index (κ2) is 5.98. The molecule has 0 bridgehead atoms. The Labute approximate surface area is 97.1 Å². The third-order valence-corrected chi connectivity index (χ3v) is 4.56. The van der Waals surface area contributed by atoms with Crippen LogP contribution in [0.2, 0.25) is 0 Å². The summed E-state index contributed by atoms with van der Waals surface area (Å²) in [4.78, 5) is 21.6. The summed E-state index contributed by atoms with van der Waals surface area (Å²) in [5, 5.41) is 11.3. The van der Waals surface area contributed by atoms with Crippen LogP contribution in [0.1, 0.15) is 32.6 Å². The van der Waals surface area contributed by atoms with Gasteiger partial charge in [-0.2, -0.15) is 0 Å². The van der Waals surface area contributed by atoms with Gasteiger partial charge in [0.15, 0.2) is 0 Å². The normalized spacial score (nSPS) is 20.3. The third kappa shape index (κ3) is 3.92. The van der Waals surface area contributed by atoms with Crippen molar-refractivity contribution < 1.29 is 18.9 Å². The number of hydrogen-bond acceptors (Lipinski definition) is 3. The van der Waals surface area contributed by atoms with Gasteiger partial charge in [0.05, 0.1) is 5.75 Å². The van der Waals surface area contributed by atoms with Crippen molar-refractivity contribution in [2.75, 3.05) is 5.75 Å². The smallest absolute Gasteiger partial charge is 0.327 e. The van der Waals surface area contributed by atoms with Gasteiger partial charge in [-0.25, -0.2) is 4.79 Å². The minimum absolute atomic E-state index is 0.0135. The van der Waals surface area contributed by atoms with E-state index in [1.807, 2.05) is 0 Å². The molecule has 6 heteroatoms. The van der Waals surface area contributed by atoms with Crippen molar-refractivity contribution in [3.8, 4) is 0 Å². The number of nitrogens with one attached hydrogen (secondary N) is 1. The second-order valence-electron chi connectivity index (χ2n) is 4.05. The zero-order chi connectivity index (χ0) is 12.1. The summed E-state index contributed by atoms with van der Waals surface area (Å²) in [5.74, 6) is -1.52. The van der Waals surface area contributed by atoms with Gasteiger partial charge in [0.25, 0.3) is 0 Å². The second-order valence-corrected chi connectivity index (χ2v) is 5.81. The molecule has 0 radical (unpaired) electrons. The van der Waals surface area contributed by atoms with Crippen LogP contribution >= 0.6 is 0 Å². The molecule has 2 N–H and O–H groups in total. The molecule has 1 aliphatic carbocycles. The molecular formula is C10H17NO4S. The molecule has 1 rings (SSSR count). The predicted molar refractivity (Wildman–Crippen MR) is 60.5 cm³/mol. The molecule has 0 spiro atoms. The van der Waals surface area contributed by atoms with E-state index >= 15 is 0 Å². The van der Waals surface area contributed by atoms with Crippen LogP contribution < -0.4 is 5.32 Å². The van der Waals surface area contributed by atoms with Gasteiger partial charge in [-0.1, -0.05) is 12.8 Å². The first-order valence-electron chi connectivity index (χ1n) is 5.37. The first-order chi connectivity index (χ1) is 7.50. The van der Waals surface area contributed by atoms with E-state index in [-0.39, 0.29) is 11.0 Å². The van der Waals surface area contributed by atoms with E-state index < -0.39 is 28.7 Å². The Hall–Kier alpha value is -0.910. The van der Waals surface area contributed by atoms with Crippen molar-refractivity contribution in [2.24, 2.45) is 0 Å². The highest BCUT2D eigenvalue weighted by Crippen LogP contribution is 2.23. The Balaban J connectivity index is 2.50. The molecule has 0 aromatic heterocycles. The number of carbonyl (C=O) groups excluding carboxylic acids is 1. The highest BCUT2D eigenvalue weighted by molar-refractivity contribution is 7.85. The van der Waals surface area contributed by atoms with E-state index in [4.69, 9.17) is 5.11 Å². The number of amides is 1. The number of hydrogen-bond donors (Lipinski definition) is 2. The van der Waals surface area contributed by atoms with Gasteiger partial charge in [0.2, 0.25) is 5.91 Å². The molecule has 1 saturated carbocycles. The number of aliphatic carboxylic acids is 1. The minimum Gasteiger partial charge on any atom is -0.480 e. The average molecular weight is 247 g/mol. The maximum absolute atomic E-state index is 11.8. The predicted octanol–water partition coefficient (Wildman–Crippen LogP) is 0.267. The highest BCUT2D eigenvalue weighted by atomic mass is 32.2. The van der Waals surface area contributed by atoms with Crippen molar-refractivity contribution in [3.05, 3.63) is 0 Å². The summed E-state index contributed by atoms with van der Waals surface area (Å²) in [6.07, 6.45) is 3.93. The van der Waals surface area contributed by atoms with Crippen molar-refractivity contribution in [1.29, 1.82) is 0 Å². The summed E-state index contributed by atoms with van der Waals surface area (Å²) in [5.41, 5.74) is 0. The quantitative estimate of drug-likeness (QED) is 0.730. The molecule has 0 aromatic carbocycles. The lowest BCUT2D eigenvalue weighted by Crippen LogP contribution is -2.44. The van der Waals surface area contributed by atoms with Gasteiger partial charge < -0.3 is 10.4 Å². The third-order valence-electron chi connectivity index (χ3n) is 2.68. The zero-order valence-corrected chi connectivity index (χ0v) is 10.1. The first kappa shape index (κ1) is 13.2. The maximum Gasteiger partial charge on any atom is 0.327 e. The number of carbonyl (C=O) groups is 2. The zero-order valence-electron chi connectivity index (χ0n) is 9.27. The standard InChI is InChI=1S/C10H17NO4S/c1-7(12)11-9(10(13)14)6-16(15)8-4-2-3-5-8/h8-9H,2-6H2,1H3,(H,11,12)(H,13,14)/t9-,16?/m0/s1. The molecule has 1 unspecified atom stereocenters. The fourth-order valence-electron chi connectivity index (χ4n) is 1.87. The summed E-state index contributed by atoms with van der Waals surface area (Å²) < 4.78 is 11.8.